The van der Waals surface area contributed by atoms with Gasteiger partial charge in [0.15, 0.2) is 0 Å². The largest absolute Gasteiger partial charge is 0.382 e. The monoisotopic (exact) mass is 251 g/mol. The first kappa shape index (κ1) is 11.6. The minimum atomic E-state index is -0.751. The highest BCUT2D eigenvalue weighted by molar-refractivity contribution is 5.31. The van der Waals surface area contributed by atoms with E-state index in [1.54, 1.807) is 10.9 Å². The van der Waals surface area contributed by atoms with Crippen molar-refractivity contribution >= 4 is 0 Å². The van der Waals surface area contributed by atoms with Gasteiger partial charge in [-0.25, -0.2) is 4.68 Å². The van der Waals surface area contributed by atoms with Crippen molar-refractivity contribution in [1.29, 1.82) is 0 Å². The van der Waals surface area contributed by atoms with E-state index < -0.39 is 6.10 Å². The number of benzene rings is 2. The van der Waals surface area contributed by atoms with Crippen molar-refractivity contribution in [3.05, 3.63) is 78.1 Å². The van der Waals surface area contributed by atoms with Crippen LogP contribution in [0.15, 0.2) is 66.9 Å². The third-order valence-electron chi connectivity index (χ3n) is 2.93. The van der Waals surface area contributed by atoms with E-state index in [0.29, 0.717) is 5.69 Å². The Morgan fingerprint density at radius 2 is 1.53 bits per heavy atom. The van der Waals surface area contributed by atoms with E-state index in [4.69, 9.17) is 0 Å². The number of aromatic nitrogens is 3. The molecule has 2 aromatic carbocycles. The van der Waals surface area contributed by atoms with E-state index in [1.807, 2.05) is 60.7 Å². The second-order valence-corrected chi connectivity index (χ2v) is 4.24. The molecule has 19 heavy (non-hydrogen) atoms. The lowest BCUT2D eigenvalue weighted by molar-refractivity contribution is 0.215. The first-order chi connectivity index (χ1) is 9.34. The van der Waals surface area contributed by atoms with Crippen LogP contribution in [0.2, 0.25) is 0 Å². The average Bonchev–Trinajstić information content (AvgIpc) is 2.98. The van der Waals surface area contributed by atoms with Crippen LogP contribution in [0.25, 0.3) is 5.69 Å². The molecule has 94 valence electrons. The fraction of sp³-hybridized carbons (Fsp3) is 0.0667. The van der Waals surface area contributed by atoms with Gasteiger partial charge in [-0.1, -0.05) is 53.7 Å². The number of rotatable bonds is 3. The van der Waals surface area contributed by atoms with E-state index in [-0.39, 0.29) is 0 Å². The molecule has 1 aromatic heterocycles. The molecule has 0 aliphatic heterocycles. The van der Waals surface area contributed by atoms with E-state index in [1.165, 1.54) is 0 Å². The summed E-state index contributed by atoms with van der Waals surface area (Å²) in [5.41, 5.74) is 2.26. The molecule has 1 unspecified atom stereocenters. The molecule has 0 fully saturated rings. The third-order valence-corrected chi connectivity index (χ3v) is 2.93. The molecule has 0 aliphatic rings. The fourth-order valence-electron chi connectivity index (χ4n) is 1.92. The van der Waals surface area contributed by atoms with E-state index >= 15 is 0 Å². The summed E-state index contributed by atoms with van der Waals surface area (Å²) in [7, 11) is 0. The molecular weight excluding hydrogens is 238 g/mol. The molecule has 0 amide bonds. The molecule has 4 heteroatoms. The summed E-state index contributed by atoms with van der Waals surface area (Å²) < 4.78 is 1.65. The Morgan fingerprint density at radius 3 is 2.21 bits per heavy atom. The summed E-state index contributed by atoms with van der Waals surface area (Å²) in [4.78, 5) is 0. The van der Waals surface area contributed by atoms with Crippen molar-refractivity contribution in [2.24, 2.45) is 0 Å². The zero-order chi connectivity index (χ0) is 13.1. The summed E-state index contributed by atoms with van der Waals surface area (Å²) in [6.45, 7) is 0. The molecule has 0 aliphatic carbocycles. The van der Waals surface area contributed by atoms with Crippen LogP contribution >= 0.6 is 0 Å². The molecule has 1 N–H and O–H groups in total. The van der Waals surface area contributed by atoms with Gasteiger partial charge in [0.25, 0.3) is 0 Å². The molecule has 3 rings (SSSR count). The van der Waals surface area contributed by atoms with Crippen molar-refractivity contribution in [3.8, 4) is 5.69 Å². The van der Waals surface area contributed by atoms with Crippen LogP contribution in [0.3, 0.4) is 0 Å². The van der Waals surface area contributed by atoms with Crippen LogP contribution in [-0.4, -0.2) is 20.1 Å². The molecule has 1 heterocycles. The maximum Gasteiger partial charge on any atom is 0.124 e. The van der Waals surface area contributed by atoms with Gasteiger partial charge >= 0.3 is 0 Å². The highest BCUT2D eigenvalue weighted by Crippen LogP contribution is 2.19. The zero-order valence-electron chi connectivity index (χ0n) is 10.2. The Morgan fingerprint density at radius 1 is 0.895 bits per heavy atom. The standard InChI is InChI=1S/C15H13N3O/c19-15(12-7-3-1-4-8-12)14-11-18(17-16-14)13-9-5-2-6-10-13/h1-11,15,19H. The summed E-state index contributed by atoms with van der Waals surface area (Å²) >= 11 is 0. The smallest absolute Gasteiger partial charge is 0.124 e. The van der Waals surface area contributed by atoms with Crippen LogP contribution in [0.5, 0.6) is 0 Å². The third kappa shape index (κ3) is 2.39. The Kier molecular flexibility index (Phi) is 3.08. The van der Waals surface area contributed by atoms with Crippen molar-refractivity contribution in [2.75, 3.05) is 0 Å². The molecule has 3 aromatic rings. The van der Waals surface area contributed by atoms with Crippen LogP contribution in [0.4, 0.5) is 0 Å². The van der Waals surface area contributed by atoms with E-state index in [2.05, 4.69) is 10.3 Å². The summed E-state index contributed by atoms with van der Waals surface area (Å²) in [5.74, 6) is 0. The fourth-order valence-corrected chi connectivity index (χ4v) is 1.92. The van der Waals surface area contributed by atoms with E-state index in [0.717, 1.165) is 11.3 Å². The van der Waals surface area contributed by atoms with Gasteiger partial charge in [-0.2, -0.15) is 0 Å². The highest BCUT2D eigenvalue weighted by Gasteiger charge is 2.14. The highest BCUT2D eigenvalue weighted by atomic mass is 16.3. The van der Waals surface area contributed by atoms with Gasteiger partial charge in [0.05, 0.1) is 11.9 Å². The summed E-state index contributed by atoms with van der Waals surface area (Å²) in [5, 5.41) is 18.3. The van der Waals surface area contributed by atoms with Crippen LogP contribution in [0.1, 0.15) is 17.4 Å². The molecule has 0 spiro atoms. The van der Waals surface area contributed by atoms with Crippen molar-refractivity contribution in [1.82, 2.24) is 15.0 Å². The molecule has 0 radical (unpaired) electrons. The lowest BCUT2D eigenvalue weighted by Crippen LogP contribution is -1.99. The Hall–Kier alpha value is -2.46. The maximum atomic E-state index is 10.2. The van der Waals surface area contributed by atoms with Gasteiger partial charge < -0.3 is 5.11 Å². The second-order valence-electron chi connectivity index (χ2n) is 4.24. The summed E-state index contributed by atoms with van der Waals surface area (Å²) in [6, 6.07) is 19.1. The van der Waals surface area contributed by atoms with Gasteiger partial charge in [-0.3, -0.25) is 0 Å². The van der Waals surface area contributed by atoms with Gasteiger partial charge in [0.1, 0.15) is 11.8 Å². The number of hydrogen-bond donors (Lipinski definition) is 1. The zero-order valence-corrected chi connectivity index (χ0v) is 10.2. The molecule has 0 bridgehead atoms. The number of nitrogens with zero attached hydrogens (tertiary/aromatic N) is 3. The number of aliphatic hydroxyl groups is 1. The first-order valence-electron chi connectivity index (χ1n) is 6.05. The van der Waals surface area contributed by atoms with E-state index in [9.17, 15) is 5.11 Å². The SMILES string of the molecule is OC(c1ccccc1)c1cn(-c2ccccc2)nn1. The minimum Gasteiger partial charge on any atom is -0.382 e. The van der Waals surface area contributed by atoms with Gasteiger partial charge in [-0.15, -0.1) is 5.10 Å². The van der Waals surface area contributed by atoms with Crippen LogP contribution < -0.4 is 0 Å². The Bertz CT molecular complexity index is 649. The van der Waals surface area contributed by atoms with Crippen molar-refractivity contribution in [2.45, 2.75) is 6.10 Å². The van der Waals surface area contributed by atoms with Crippen molar-refractivity contribution in [3.63, 3.8) is 0 Å². The minimum absolute atomic E-state index is 0.537. The lowest BCUT2D eigenvalue weighted by Gasteiger charge is -2.06. The van der Waals surface area contributed by atoms with Crippen LogP contribution in [-0.2, 0) is 0 Å². The van der Waals surface area contributed by atoms with Gasteiger partial charge in [0, 0.05) is 0 Å². The quantitative estimate of drug-likeness (QED) is 0.777. The normalized spacial score (nSPS) is 12.3. The maximum absolute atomic E-state index is 10.2. The Labute approximate surface area is 111 Å². The number of para-hydroxylation sites is 1. The molecule has 4 nitrogen and oxygen atoms in total. The first-order valence-corrected chi connectivity index (χ1v) is 6.05. The topological polar surface area (TPSA) is 50.9 Å². The Balaban J connectivity index is 1.90. The van der Waals surface area contributed by atoms with Crippen LogP contribution in [0, 0.1) is 0 Å². The van der Waals surface area contributed by atoms with Gasteiger partial charge in [0.2, 0.25) is 0 Å². The second kappa shape index (κ2) is 5.04. The lowest BCUT2D eigenvalue weighted by atomic mass is 10.1. The number of aliphatic hydroxyl groups excluding tert-OH is 1. The molecule has 1 atom stereocenters. The van der Waals surface area contributed by atoms with Crippen molar-refractivity contribution < 1.29 is 5.11 Å². The molecular formula is C15H13N3O. The van der Waals surface area contributed by atoms with Gasteiger partial charge in [-0.05, 0) is 17.7 Å². The predicted molar refractivity (Wildman–Crippen MR) is 71.9 cm³/mol. The molecule has 0 saturated carbocycles. The number of hydrogen-bond acceptors (Lipinski definition) is 3. The summed E-state index contributed by atoms with van der Waals surface area (Å²) in [6.07, 6.45) is 0.992. The molecule has 0 saturated heterocycles. The average molecular weight is 251 g/mol. The predicted octanol–water partition coefficient (Wildman–Crippen LogP) is 2.35.